The second kappa shape index (κ2) is 14.6. The molecule has 2 aromatic rings. The molecule has 2 amide bonds. The van der Waals surface area contributed by atoms with Gasteiger partial charge < -0.3 is 15.0 Å². The van der Waals surface area contributed by atoms with Crippen LogP contribution < -0.4 is 14.4 Å². The van der Waals surface area contributed by atoms with Gasteiger partial charge in [-0.05, 0) is 56.0 Å². The molecule has 0 unspecified atom stereocenters. The first-order valence-corrected chi connectivity index (χ1v) is 15.2. The predicted octanol–water partition coefficient (Wildman–Crippen LogP) is 5.13. The van der Waals surface area contributed by atoms with E-state index in [4.69, 9.17) is 27.9 Å². The summed E-state index contributed by atoms with van der Waals surface area (Å²) < 4.78 is 32.1. The Bertz CT molecular complexity index is 1210. The molecule has 0 bridgehead atoms. The van der Waals surface area contributed by atoms with E-state index in [9.17, 15) is 18.0 Å². The summed E-state index contributed by atoms with van der Waals surface area (Å²) in [5, 5.41) is 3.73. The van der Waals surface area contributed by atoms with Crippen molar-refractivity contribution in [3.63, 3.8) is 0 Å². The molecule has 0 spiro atoms. The quantitative estimate of drug-likeness (QED) is 0.331. The molecular formula is C27H37Cl2N3O5S. The summed E-state index contributed by atoms with van der Waals surface area (Å²) in [6.45, 7) is 8.49. The highest BCUT2D eigenvalue weighted by atomic mass is 35.5. The lowest BCUT2D eigenvalue weighted by molar-refractivity contribution is -0.140. The average Bonchev–Trinajstić information content (AvgIpc) is 2.84. The number of rotatable bonds is 14. The van der Waals surface area contributed by atoms with E-state index in [1.807, 2.05) is 20.8 Å². The summed E-state index contributed by atoms with van der Waals surface area (Å²) in [7, 11) is -3.65. The monoisotopic (exact) mass is 585 g/mol. The number of halogens is 2. The van der Waals surface area contributed by atoms with Gasteiger partial charge in [-0.2, -0.15) is 0 Å². The van der Waals surface area contributed by atoms with Crippen molar-refractivity contribution in [2.75, 3.05) is 30.3 Å². The van der Waals surface area contributed by atoms with E-state index in [1.165, 1.54) is 9.21 Å². The zero-order chi connectivity index (χ0) is 28.5. The van der Waals surface area contributed by atoms with E-state index in [2.05, 4.69) is 5.32 Å². The van der Waals surface area contributed by atoms with Crippen LogP contribution in [0.15, 0.2) is 42.5 Å². The van der Waals surface area contributed by atoms with Gasteiger partial charge in [-0.25, -0.2) is 8.42 Å². The van der Waals surface area contributed by atoms with Gasteiger partial charge in [-0.3, -0.25) is 13.9 Å². The molecule has 0 aliphatic rings. The molecule has 11 heteroatoms. The van der Waals surface area contributed by atoms with Gasteiger partial charge in [0.15, 0.2) is 0 Å². The summed E-state index contributed by atoms with van der Waals surface area (Å²) >= 11 is 12.4. The summed E-state index contributed by atoms with van der Waals surface area (Å²) in [5.74, 6) is 0.124. The molecule has 0 radical (unpaired) electrons. The normalized spacial score (nSPS) is 12.2. The SMILES string of the molecule is CCOc1ccccc1N(CCCC(=O)N(Cc1ccc(Cl)cc1Cl)[C@@H](C)C(=O)NCC(C)C)S(C)(=O)=O. The van der Waals surface area contributed by atoms with Crippen molar-refractivity contribution in [2.24, 2.45) is 5.92 Å². The van der Waals surface area contributed by atoms with Crippen LogP contribution in [-0.4, -0.2) is 57.1 Å². The van der Waals surface area contributed by atoms with Crippen LogP contribution in [0.3, 0.4) is 0 Å². The van der Waals surface area contributed by atoms with E-state index in [0.717, 1.165) is 6.26 Å². The number of ether oxygens (including phenoxy) is 1. The van der Waals surface area contributed by atoms with Crippen LogP contribution in [0, 0.1) is 5.92 Å². The third kappa shape index (κ3) is 9.36. The summed E-state index contributed by atoms with van der Waals surface area (Å²) in [6.07, 6.45) is 1.38. The molecule has 0 aliphatic carbocycles. The van der Waals surface area contributed by atoms with E-state index in [0.29, 0.717) is 40.2 Å². The van der Waals surface area contributed by atoms with Gasteiger partial charge in [-0.15, -0.1) is 0 Å². The smallest absolute Gasteiger partial charge is 0.242 e. The maximum absolute atomic E-state index is 13.4. The van der Waals surface area contributed by atoms with Crippen LogP contribution in [0.1, 0.15) is 46.1 Å². The summed E-state index contributed by atoms with van der Waals surface area (Å²) in [4.78, 5) is 27.8. The minimum atomic E-state index is -3.65. The molecule has 38 heavy (non-hydrogen) atoms. The first kappa shape index (κ1) is 31.7. The summed E-state index contributed by atoms with van der Waals surface area (Å²) in [6, 6.07) is 11.1. The van der Waals surface area contributed by atoms with Crippen LogP contribution in [0.25, 0.3) is 0 Å². The van der Waals surface area contributed by atoms with E-state index < -0.39 is 16.1 Å². The van der Waals surface area contributed by atoms with Crippen molar-refractivity contribution in [1.29, 1.82) is 0 Å². The Morgan fingerprint density at radius 1 is 1.08 bits per heavy atom. The van der Waals surface area contributed by atoms with Crippen LogP contribution in [0.2, 0.25) is 10.0 Å². The minimum Gasteiger partial charge on any atom is -0.492 e. The molecule has 0 fully saturated rings. The fraction of sp³-hybridized carbons (Fsp3) is 0.481. The molecule has 2 rings (SSSR count). The maximum Gasteiger partial charge on any atom is 0.242 e. The number of carbonyl (C=O) groups excluding carboxylic acids is 2. The third-order valence-electron chi connectivity index (χ3n) is 5.79. The van der Waals surface area contributed by atoms with Gasteiger partial charge in [0.05, 0.1) is 18.6 Å². The molecule has 1 N–H and O–H groups in total. The van der Waals surface area contributed by atoms with Gasteiger partial charge >= 0.3 is 0 Å². The van der Waals surface area contributed by atoms with Crippen LogP contribution in [0.5, 0.6) is 5.75 Å². The van der Waals surface area contributed by atoms with Crippen molar-refractivity contribution in [3.8, 4) is 5.75 Å². The molecule has 0 aliphatic heterocycles. The first-order valence-electron chi connectivity index (χ1n) is 12.6. The molecule has 0 aromatic heterocycles. The Morgan fingerprint density at radius 2 is 1.76 bits per heavy atom. The highest BCUT2D eigenvalue weighted by Crippen LogP contribution is 2.30. The molecular weight excluding hydrogens is 549 g/mol. The Morgan fingerprint density at radius 3 is 2.37 bits per heavy atom. The van der Waals surface area contributed by atoms with E-state index in [1.54, 1.807) is 49.4 Å². The van der Waals surface area contributed by atoms with Crippen LogP contribution in [0.4, 0.5) is 5.69 Å². The van der Waals surface area contributed by atoms with Crippen molar-refractivity contribution in [2.45, 2.75) is 53.1 Å². The van der Waals surface area contributed by atoms with Crippen molar-refractivity contribution >= 4 is 50.7 Å². The average molecular weight is 587 g/mol. The number of para-hydroxylation sites is 2. The zero-order valence-corrected chi connectivity index (χ0v) is 24.9. The van der Waals surface area contributed by atoms with Crippen molar-refractivity contribution in [3.05, 3.63) is 58.1 Å². The minimum absolute atomic E-state index is 0.0236. The molecule has 2 aromatic carbocycles. The first-order chi connectivity index (χ1) is 17.8. The fourth-order valence-electron chi connectivity index (χ4n) is 3.79. The van der Waals surface area contributed by atoms with Gasteiger partial charge in [-0.1, -0.05) is 55.2 Å². The number of carbonyl (C=O) groups is 2. The lowest BCUT2D eigenvalue weighted by atomic mass is 10.1. The molecule has 0 saturated carbocycles. The standard InChI is InChI=1S/C27H37Cl2N3O5S/c1-6-37-25-11-8-7-10-24(25)32(38(5,35)36)15-9-12-26(33)31(20(4)27(34)30-17-19(2)3)18-21-13-14-22(28)16-23(21)29/h7-8,10-11,13-14,16,19-20H,6,9,12,15,17-18H2,1-5H3,(H,30,34)/t20-/m0/s1. The molecule has 0 heterocycles. The van der Waals surface area contributed by atoms with Gasteiger partial charge in [0, 0.05) is 36.1 Å². The van der Waals surface area contributed by atoms with E-state index >= 15 is 0 Å². The number of hydrogen-bond donors (Lipinski definition) is 1. The highest BCUT2D eigenvalue weighted by Gasteiger charge is 2.27. The molecule has 0 saturated heterocycles. The van der Waals surface area contributed by atoms with Crippen LogP contribution in [-0.2, 0) is 26.2 Å². The lowest BCUT2D eigenvalue weighted by Gasteiger charge is -2.30. The van der Waals surface area contributed by atoms with Gasteiger partial charge in [0.2, 0.25) is 21.8 Å². The van der Waals surface area contributed by atoms with Crippen molar-refractivity contribution < 1.29 is 22.7 Å². The Balaban J connectivity index is 2.23. The lowest BCUT2D eigenvalue weighted by Crippen LogP contribution is -2.48. The Kier molecular flexibility index (Phi) is 12.2. The number of hydrogen-bond acceptors (Lipinski definition) is 5. The number of nitrogens with zero attached hydrogens (tertiary/aromatic N) is 2. The second-order valence-corrected chi connectivity index (χ2v) is 12.2. The highest BCUT2D eigenvalue weighted by molar-refractivity contribution is 7.92. The van der Waals surface area contributed by atoms with Gasteiger partial charge in [0.25, 0.3) is 0 Å². The Hall–Kier alpha value is -2.49. The maximum atomic E-state index is 13.4. The number of sulfonamides is 1. The molecule has 210 valence electrons. The molecule has 8 nitrogen and oxygen atoms in total. The third-order valence-corrected chi connectivity index (χ3v) is 7.56. The fourth-order valence-corrected chi connectivity index (χ4v) is 5.23. The number of anilines is 1. The largest absolute Gasteiger partial charge is 0.492 e. The number of benzene rings is 2. The van der Waals surface area contributed by atoms with Crippen molar-refractivity contribution in [1.82, 2.24) is 10.2 Å². The topological polar surface area (TPSA) is 96.0 Å². The van der Waals surface area contributed by atoms with E-state index in [-0.39, 0.29) is 43.7 Å². The number of amides is 2. The van der Waals surface area contributed by atoms with Crippen LogP contribution >= 0.6 is 23.2 Å². The molecule has 1 atom stereocenters. The second-order valence-electron chi connectivity index (χ2n) is 9.41. The van der Waals surface area contributed by atoms with Gasteiger partial charge in [0.1, 0.15) is 11.8 Å². The number of nitrogens with one attached hydrogen (secondary N) is 1. The Labute approximate surface area is 236 Å². The predicted molar refractivity (Wildman–Crippen MR) is 153 cm³/mol. The summed E-state index contributed by atoms with van der Waals surface area (Å²) in [5.41, 5.74) is 1.06. The zero-order valence-electron chi connectivity index (χ0n) is 22.5.